The number of methoxy groups -OCH3 is 1. The van der Waals surface area contributed by atoms with Crippen LogP contribution in [0.4, 0.5) is 11.4 Å². The van der Waals surface area contributed by atoms with Crippen LogP contribution in [0.1, 0.15) is 15.9 Å². The van der Waals surface area contributed by atoms with Crippen molar-refractivity contribution < 1.29 is 14.3 Å². The molecule has 0 saturated carbocycles. The summed E-state index contributed by atoms with van der Waals surface area (Å²) in [5.74, 6) is 0.267. The van der Waals surface area contributed by atoms with Gasteiger partial charge in [-0.3, -0.25) is 9.59 Å². The second kappa shape index (κ2) is 10.3. The van der Waals surface area contributed by atoms with Gasteiger partial charge >= 0.3 is 0 Å². The number of nitrogens with one attached hydrogen (secondary N) is 3. The summed E-state index contributed by atoms with van der Waals surface area (Å²) in [4.78, 5) is 24.9. The van der Waals surface area contributed by atoms with Crippen LogP contribution in [0.5, 0.6) is 5.75 Å². The number of anilines is 2. The van der Waals surface area contributed by atoms with Crippen LogP contribution in [0.3, 0.4) is 0 Å². The van der Waals surface area contributed by atoms with Crippen molar-refractivity contribution in [1.29, 1.82) is 0 Å². The Morgan fingerprint density at radius 2 is 1.73 bits per heavy atom. The van der Waals surface area contributed by atoms with Crippen LogP contribution >= 0.6 is 11.6 Å². The van der Waals surface area contributed by atoms with Gasteiger partial charge in [-0.15, -0.1) is 0 Å². The molecule has 3 N–H and O–H groups in total. The first-order chi connectivity index (χ1) is 14.5. The fraction of sp³-hybridized carbons (Fsp3) is 0.130. The Hall–Kier alpha value is -3.51. The lowest BCUT2D eigenvalue weighted by molar-refractivity contribution is -0.119. The van der Waals surface area contributed by atoms with Gasteiger partial charge in [0.2, 0.25) is 5.91 Å². The van der Waals surface area contributed by atoms with E-state index in [-0.39, 0.29) is 18.4 Å². The summed E-state index contributed by atoms with van der Waals surface area (Å²) in [5.41, 5.74) is 2.58. The number of carbonyl (C=O) groups excluding carboxylic acids is 2. The molecule has 3 rings (SSSR count). The smallest absolute Gasteiger partial charge is 0.257 e. The summed E-state index contributed by atoms with van der Waals surface area (Å²) >= 11 is 5.87. The van der Waals surface area contributed by atoms with E-state index in [4.69, 9.17) is 16.3 Å². The molecular formula is C23H22ClN3O3. The van der Waals surface area contributed by atoms with Gasteiger partial charge in [0, 0.05) is 22.9 Å². The number of hydrogen-bond acceptors (Lipinski definition) is 4. The van der Waals surface area contributed by atoms with E-state index >= 15 is 0 Å². The molecule has 0 radical (unpaired) electrons. The van der Waals surface area contributed by atoms with Gasteiger partial charge in [0.05, 0.1) is 19.2 Å². The predicted octanol–water partition coefficient (Wildman–Crippen LogP) is 4.33. The summed E-state index contributed by atoms with van der Waals surface area (Å²) in [6.07, 6.45) is 0. The summed E-state index contributed by atoms with van der Waals surface area (Å²) in [7, 11) is 1.60. The molecule has 0 bridgehead atoms. The maximum Gasteiger partial charge on any atom is 0.257 e. The Bertz CT molecular complexity index is 1020. The van der Waals surface area contributed by atoms with Crippen LogP contribution in [-0.2, 0) is 11.3 Å². The van der Waals surface area contributed by atoms with Gasteiger partial charge in [0.25, 0.3) is 5.91 Å². The zero-order valence-electron chi connectivity index (χ0n) is 16.4. The highest BCUT2D eigenvalue weighted by molar-refractivity contribution is 6.30. The number of para-hydroxylation sites is 1. The molecule has 0 aliphatic carbocycles. The molecule has 0 unspecified atom stereocenters. The van der Waals surface area contributed by atoms with Crippen molar-refractivity contribution >= 4 is 34.8 Å². The van der Waals surface area contributed by atoms with Crippen molar-refractivity contribution in [2.24, 2.45) is 0 Å². The van der Waals surface area contributed by atoms with Crippen molar-refractivity contribution in [3.8, 4) is 5.75 Å². The standard InChI is InChI=1S/C23H22ClN3O3/c1-30-19-6-4-5-16(13-19)14-26-22(28)15-25-21-8-3-2-7-20(21)23(29)27-18-11-9-17(24)10-12-18/h2-13,25H,14-15H2,1H3,(H,26,28)(H,27,29). The van der Waals surface area contributed by atoms with Crippen LogP contribution < -0.4 is 20.7 Å². The second-order valence-corrected chi connectivity index (χ2v) is 6.92. The summed E-state index contributed by atoms with van der Waals surface area (Å²) in [5, 5.41) is 9.29. The molecule has 6 nitrogen and oxygen atoms in total. The minimum Gasteiger partial charge on any atom is -0.497 e. The third-order valence-corrected chi connectivity index (χ3v) is 4.59. The highest BCUT2D eigenvalue weighted by atomic mass is 35.5. The largest absolute Gasteiger partial charge is 0.497 e. The quantitative estimate of drug-likeness (QED) is 0.504. The van der Waals surface area contributed by atoms with E-state index in [0.29, 0.717) is 28.5 Å². The number of carbonyl (C=O) groups is 2. The van der Waals surface area contributed by atoms with Crippen molar-refractivity contribution in [3.05, 3.63) is 88.9 Å². The van der Waals surface area contributed by atoms with E-state index in [2.05, 4.69) is 16.0 Å². The van der Waals surface area contributed by atoms with Crippen LogP contribution in [0.15, 0.2) is 72.8 Å². The Labute approximate surface area is 180 Å². The first kappa shape index (κ1) is 21.2. The normalized spacial score (nSPS) is 10.2. The number of ether oxygens (including phenoxy) is 1. The average Bonchev–Trinajstić information content (AvgIpc) is 2.78. The zero-order valence-corrected chi connectivity index (χ0v) is 17.2. The fourth-order valence-electron chi connectivity index (χ4n) is 2.79. The number of benzene rings is 3. The molecule has 0 aliphatic rings. The SMILES string of the molecule is COc1cccc(CNC(=O)CNc2ccccc2C(=O)Nc2ccc(Cl)cc2)c1. The third-order valence-electron chi connectivity index (χ3n) is 4.34. The van der Waals surface area contributed by atoms with Gasteiger partial charge in [-0.1, -0.05) is 35.9 Å². The molecule has 0 saturated heterocycles. The molecule has 0 spiro atoms. The van der Waals surface area contributed by atoms with E-state index in [1.165, 1.54) is 0 Å². The molecule has 30 heavy (non-hydrogen) atoms. The van der Waals surface area contributed by atoms with Gasteiger partial charge in [-0.05, 0) is 54.1 Å². The Morgan fingerprint density at radius 3 is 2.50 bits per heavy atom. The van der Waals surface area contributed by atoms with Crippen LogP contribution in [0.2, 0.25) is 5.02 Å². The summed E-state index contributed by atoms with van der Waals surface area (Å²) in [6, 6.07) is 21.4. The number of hydrogen-bond donors (Lipinski definition) is 3. The molecule has 0 atom stereocenters. The first-order valence-electron chi connectivity index (χ1n) is 9.34. The van der Waals surface area contributed by atoms with E-state index in [1.54, 1.807) is 55.6 Å². The Balaban J connectivity index is 1.56. The maximum absolute atomic E-state index is 12.6. The molecule has 0 fully saturated rings. The van der Waals surface area contributed by atoms with E-state index in [9.17, 15) is 9.59 Å². The molecule has 2 amide bonds. The molecule has 154 valence electrons. The maximum atomic E-state index is 12.6. The molecule has 3 aromatic carbocycles. The minimum atomic E-state index is -0.280. The fourth-order valence-corrected chi connectivity index (χ4v) is 2.91. The highest BCUT2D eigenvalue weighted by Crippen LogP contribution is 2.19. The Kier molecular flexibility index (Phi) is 7.29. The predicted molar refractivity (Wildman–Crippen MR) is 119 cm³/mol. The van der Waals surface area contributed by atoms with E-state index in [1.807, 2.05) is 24.3 Å². The third kappa shape index (κ3) is 5.99. The van der Waals surface area contributed by atoms with Crippen LogP contribution in [0, 0.1) is 0 Å². The number of halogens is 1. The lowest BCUT2D eigenvalue weighted by Gasteiger charge is -2.13. The van der Waals surface area contributed by atoms with Crippen molar-refractivity contribution in [1.82, 2.24) is 5.32 Å². The molecule has 0 aliphatic heterocycles. The topological polar surface area (TPSA) is 79.5 Å². The molecule has 0 aromatic heterocycles. The molecule has 0 heterocycles. The monoisotopic (exact) mass is 423 g/mol. The van der Waals surface area contributed by atoms with Gasteiger partial charge < -0.3 is 20.7 Å². The molecular weight excluding hydrogens is 402 g/mol. The van der Waals surface area contributed by atoms with Crippen molar-refractivity contribution in [3.63, 3.8) is 0 Å². The van der Waals surface area contributed by atoms with E-state index in [0.717, 1.165) is 11.3 Å². The lowest BCUT2D eigenvalue weighted by atomic mass is 10.1. The minimum absolute atomic E-state index is 0.0369. The van der Waals surface area contributed by atoms with Crippen LogP contribution in [0.25, 0.3) is 0 Å². The first-order valence-corrected chi connectivity index (χ1v) is 9.72. The molecule has 7 heteroatoms. The summed E-state index contributed by atoms with van der Waals surface area (Å²) in [6.45, 7) is 0.422. The van der Waals surface area contributed by atoms with Crippen LogP contribution in [-0.4, -0.2) is 25.5 Å². The average molecular weight is 424 g/mol. The Morgan fingerprint density at radius 1 is 0.967 bits per heavy atom. The van der Waals surface area contributed by atoms with Crippen molar-refractivity contribution in [2.45, 2.75) is 6.54 Å². The highest BCUT2D eigenvalue weighted by Gasteiger charge is 2.12. The van der Waals surface area contributed by atoms with Gasteiger partial charge in [0.1, 0.15) is 5.75 Å². The summed E-state index contributed by atoms with van der Waals surface area (Å²) < 4.78 is 5.18. The van der Waals surface area contributed by atoms with Gasteiger partial charge in [0.15, 0.2) is 0 Å². The van der Waals surface area contributed by atoms with Gasteiger partial charge in [-0.2, -0.15) is 0 Å². The zero-order chi connectivity index (χ0) is 21.3. The van der Waals surface area contributed by atoms with E-state index < -0.39 is 0 Å². The second-order valence-electron chi connectivity index (χ2n) is 6.49. The lowest BCUT2D eigenvalue weighted by Crippen LogP contribution is -2.30. The van der Waals surface area contributed by atoms with Gasteiger partial charge in [-0.25, -0.2) is 0 Å². The molecule has 3 aromatic rings. The number of amides is 2. The van der Waals surface area contributed by atoms with Crippen molar-refractivity contribution in [2.75, 3.05) is 24.3 Å². The number of rotatable bonds is 8.